The molecule has 14 heavy (non-hydrogen) atoms. The number of benzene rings is 1. The predicted molar refractivity (Wildman–Crippen MR) is 49.9 cm³/mol. The van der Waals surface area contributed by atoms with E-state index in [9.17, 15) is 9.18 Å². The van der Waals surface area contributed by atoms with Gasteiger partial charge >= 0.3 is 5.97 Å². The van der Waals surface area contributed by atoms with E-state index in [1.165, 1.54) is 13.2 Å². The zero-order valence-corrected chi connectivity index (χ0v) is 7.76. The topological polar surface area (TPSA) is 38.3 Å². The summed E-state index contributed by atoms with van der Waals surface area (Å²) in [6, 6.07) is 2.89. The van der Waals surface area contributed by atoms with Crippen molar-refractivity contribution in [1.29, 1.82) is 0 Å². The summed E-state index contributed by atoms with van der Waals surface area (Å²) in [6.07, 6.45) is 0.819. The molecule has 1 heterocycles. The van der Waals surface area contributed by atoms with Gasteiger partial charge in [0.1, 0.15) is 5.82 Å². The summed E-state index contributed by atoms with van der Waals surface area (Å²) < 4.78 is 17.8. The third-order valence-electron chi connectivity index (χ3n) is 2.31. The van der Waals surface area contributed by atoms with Gasteiger partial charge in [0.25, 0.3) is 0 Å². The fourth-order valence-corrected chi connectivity index (χ4v) is 1.59. The van der Waals surface area contributed by atoms with Crippen molar-refractivity contribution in [2.75, 3.05) is 19.0 Å². The smallest absolute Gasteiger partial charge is 0.340 e. The molecule has 1 N–H and O–H groups in total. The van der Waals surface area contributed by atoms with Crippen molar-refractivity contribution in [2.45, 2.75) is 6.42 Å². The number of halogens is 1. The molecule has 1 aromatic rings. The summed E-state index contributed by atoms with van der Waals surface area (Å²) >= 11 is 0. The molecule has 0 atom stereocenters. The molecule has 1 aliphatic rings. The molecule has 0 radical (unpaired) electrons. The first-order valence-electron chi connectivity index (χ1n) is 4.37. The number of carbonyl (C=O) groups is 1. The fourth-order valence-electron chi connectivity index (χ4n) is 1.59. The highest BCUT2D eigenvalue weighted by molar-refractivity contribution is 5.90. The number of hydrogen-bond donors (Lipinski definition) is 1. The molecule has 0 amide bonds. The minimum absolute atomic E-state index is 0.00921. The molecule has 1 aromatic carbocycles. The van der Waals surface area contributed by atoms with E-state index < -0.39 is 11.8 Å². The number of anilines is 1. The zero-order valence-electron chi connectivity index (χ0n) is 7.76. The first-order chi connectivity index (χ1) is 6.72. The second kappa shape index (κ2) is 3.29. The average Bonchev–Trinajstić information content (AvgIpc) is 2.62. The predicted octanol–water partition coefficient (Wildman–Crippen LogP) is 1.58. The number of carbonyl (C=O) groups excluding carboxylic acids is 1. The van der Waals surface area contributed by atoms with Crippen LogP contribution in [0.1, 0.15) is 15.9 Å². The van der Waals surface area contributed by atoms with E-state index in [1.54, 1.807) is 6.07 Å². The number of rotatable bonds is 1. The number of hydrogen-bond acceptors (Lipinski definition) is 3. The molecule has 4 heteroatoms. The summed E-state index contributed by atoms with van der Waals surface area (Å²) in [5.74, 6) is -1.16. The SMILES string of the molecule is COC(=O)c1cc2c(cc1F)NCC2. The van der Waals surface area contributed by atoms with E-state index in [0.717, 1.165) is 24.2 Å². The maximum absolute atomic E-state index is 13.3. The molecule has 0 spiro atoms. The van der Waals surface area contributed by atoms with Gasteiger partial charge in [0.2, 0.25) is 0 Å². The minimum Gasteiger partial charge on any atom is -0.465 e. The highest BCUT2D eigenvalue weighted by Gasteiger charge is 2.18. The van der Waals surface area contributed by atoms with Crippen LogP contribution < -0.4 is 5.32 Å². The lowest BCUT2D eigenvalue weighted by Crippen LogP contribution is -2.05. The molecule has 1 aliphatic heterocycles. The van der Waals surface area contributed by atoms with Crippen LogP contribution in [0.15, 0.2) is 12.1 Å². The molecule has 0 saturated carbocycles. The highest BCUT2D eigenvalue weighted by Crippen LogP contribution is 2.25. The number of methoxy groups -OCH3 is 1. The second-order valence-corrected chi connectivity index (χ2v) is 3.16. The molecule has 0 unspecified atom stereocenters. The van der Waals surface area contributed by atoms with E-state index in [4.69, 9.17) is 0 Å². The van der Waals surface area contributed by atoms with Crippen molar-refractivity contribution in [3.05, 3.63) is 29.1 Å². The Labute approximate surface area is 80.9 Å². The van der Waals surface area contributed by atoms with E-state index in [1.807, 2.05) is 0 Å². The van der Waals surface area contributed by atoms with E-state index in [0.29, 0.717) is 0 Å². The van der Waals surface area contributed by atoms with Crippen LogP contribution in [0.3, 0.4) is 0 Å². The van der Waals surface area contributed by atoms with Gasteiger partial charge < -0.3 is 10.1 Å². The van der Waals surface area contributed by atoms with Crippen molar-refractivity contribution in [3.63, 3.8) is 0 Å². The second-order valence-electron chi connectivity index (χ2n) is 3.16. The Kier molecular flexibility index (Phi) is 2.11. The molecule has 74 valence electrons. The lowest BCUT2D eigenvalue weighted by Gasteiger charge is -2.04. The number of ether oxygens (including phenoxy) is 1. The van der Waals surface area contributed by atoms with Gasteiger partial charge in [0.05, 0.1) is 12.7 Å². The van der Waals surface area contributed by atoms with Crippen LogP contribution in [0.4, 0.5) is 10.1 Å². The summed E-state index contributed by atoms with van der Waals surface area (Å²) in [4.78, 5) is 11.2. The van der Waals surface area contributed by atoms with E-state index in [-0.39, 0.29) is 5.56 Å². The van der Waals surface area contributed by atoms with Gasteiger partial charge in [0, 0.05) is 12.2 Å². The van der Waals surface area contributed by atoms with Crippen molar-refractivity contribution >= 4 is 11.7 Å². The van der Waals surface area contributed by atoms with Gasteiger partial charge in [-0.3, -0.25) is 0 Å². The van der Waals surface area contributed by atoms with Gasteiger partial charge in [0.15, 0.2) is 0 Å². The van der Waals surface area contributed by atoms with Crippen LogP contribution in [0, 0.1) is 5.82 Å². The summed E-state index contributed by atoms with van der Waals surface area (Å²) in [5, 5.41) is 3.03. The number of esters is 1. The zero-order chi connectivity index (χ0) is 10.1. The largest absolute Gasteiger partial charge is 0.465 e. The van der Waals surface area contributed by atoms with Crippen LogP contribution >= 0.6 is 0 Å². The first-order valence-corrected chi connectivity index (χ1v) is 4.37. The highest BCUT2D eigenvalue weighted by atomic mass is 19.1. The maximum Gasteiger partial charge on any atom is 0.340 e. The van der Waals surface area contributed by atoms with Crippen LogP contribution in [-0.4, -0.2) is 19.6 Å². The van der Waals surface area contributed by atoms with E-state index in [2.05, 4.69) is 10.1 Å². The Bertz CT molecular complexity index is 390. The van der Waals surface area contributed by atoms with Gasteiger partial charge in [-0.15, -0.1) is 0 Å². The molecule has 0 aromatic heterocycles. The van der Waals surface area contributed by atoms with Gasteiger partial charge in [-0.2, -0.15) is 0 Å². The molecule has 2 rings (SSSR count). The molecular weight excluding hydrogens is 185 g/mol. The molecule has 0 fully saturated rings. The van der Waals surface area contributed by atoms with Gasteiger partial charge in [-0.1, -0.05) is 0 Å². The summed E-state index contributed by atoms with van der Waals surface area (Å²) in [7, 11) is 1.24. The monoisotopic (exact) mass is 195 g/mol. The Balaban J connectivity index is 2.47. The van der Waals surface area contributed by atoms with Crippen molar-refractivity contribution < 1.29 is 13.9 Å². The number of nitrogens with one attached hydrogen (secondary N) is 1. The molecular formula is C10H10FNO2. The lowest BCUT2D eigenvalue weighted by molar-refractivity contribution is 0.0595. The van der Waals surface area contributed by atoms with Crippen LogP contribution in [0.25, 0.3) is 0 Å². The van der Waals surface area contributed by atoms with Crippen molar-refractivity contribution in [3.8, 4) is 0 Å². The first kappa shape index (κ1) is 8.99. The number of fused-ring (bicyclic) bond motifs is 1. The van der Waals surface area contributed by atoms with Crippen molar-refractivity contribution in [2.24, 2.45) is 0 Å². The van der Waals surface area contributed by atoms with Crippen LogP contribution in [-0.2, 0) is 11.2 Å². The van der Waals surface area contributed by atoms with Crippen molar-refractivity contribution in [1.82, 2.24) is 0 Å². The third kappa shape index (κ3) is 1.32. The average molecular weight is 195 g/mol. The lowest BCUT2D eigenvalue weighted by atomic mass is 10.1. The normalized spacial score (nSPS) is 13.3. The Hall–Kier alpha value is -1.58. The third-order valence-corrected chi connectivity index (χ3v) is 2.31. The van der Waals surface area contributed by atoms with E-state index >= 15 is 0 Å². The van der Waals surface area contributed by atoms with Crippen LogP contribution in [0.2, 0.25) is 0 Å². The van der Waals surface area contributed by atoms with Crippen LogP contribution in [0.5, 0.6) is 0 Å². The van der Waals surface area contributed by atoms with Gasteiger partial charge in [-0.25, -0.2) is 9.18 Å². The molecule has 0 saturated heterocycles. The maximum atomic E-state index is 13.3. The fraction of sp³-hybridized carbons (Fsp3) is 0.300. The minimum atomic E-state index is -0.628. The quantitative estimate of drug-likeness (QED) is 0.691. The Morgan fingerprint density at radius 3 is 3.07 bits per heavy atom. The van der Waals surface area contributed by atoms with Gasteiger partial charge in [-0.05, 0) is 24.1 Å². The standard InChI is InChI=1S/C10H10FNO2/c1-14-10(13)7-4-6-2-3-12-9(6)5-8(7)11/h4-5,12H,2-3H2,1H3. The summed E-state index contributed by atoms with van der Waals surface area (Å²) in [6.45, 7) is 0.791. The molecule has 0 aliphatic carbocycles. The molecule has 0 bridgehead atoms. The summed E-state index contributed by atoms with van der Waals surface area (Å²) in [5.41, 5.74) is 1.75. The molecule has 3 nitrogen and oxygen atoms in total. The Morgan fingerprint density at radius 2 is 2.36 bits per heavy atom. The Morgan fingerprint density at radius 1 is 1.57 bits per heavy atom.